The Morgan fingerprint density at radius 1 is 1.18 bits per heavy atom. The third kappa shape index (κ3) is 5.37. The second-order valence-electron chi connectivity index (χ2n) is 8.15. The van der Waals surface area contributed by atoms with E-state index in [1.807, 2.05) is 38.1 Å². The van der Waals surface area contributed by atoms with Gasteiger partial charge in [0.2, 0.25) is 5.95 Å². The van der Waals surface area contributed by atoms with E-state index in [1.165, 1.54) is 12.3 Å². The van der Waals surface area contributed by atoms with Crippen LogP contribution in [-0.4, -0.2) is 45.2 Å². The van der Waals surface area contributed by atoms with E-state index in [1.54, 1.807) is 23.2 Å². The van der Waals surface area contributed by atoms with Gasteiger partial charge in [0.15, 0.2) is 0 Å². The minimum Gasteiger partial charge on any atom is -0.447 e. The van der Waals surface area contributed by atoms with Crippen LogP contribution in [0.5, 0.6) is 0 Å². The van der Waals surface area contributed by atoms with E-state index < -0.39 is 4.92 Å². The van der Waals surface area contributed by atoms with Crippen LogP contribution in [0.15, 0.2) is 54.9 Å². The maximum absolute atomic E-state index is 12.2. The number of carbonyl (C=O) groups is 1. The van der Waals surface area contributed by atoms with Crippen LogP contribution in [-0.2, 0) is 11.2 Å². The highest BCUT2D eigenvalue weighted by atomic mass is 16.6. The van der Waals surface area contributed by atoms with Gasteiger partial charge in [0, 0.05) is 24.5 Å². The average molecular weight is 463 g/mol. The van der Waals surface area contributed by atoms with Crippen LogP contribution in [0, 0.1) is 16.0 Å². The summed E-state index contributed by atoms with van der Waals surface area (Å²) in [7, 11) is 0. The third-order valence-electron chi connectivity index (χ3n) is 5.44. The van der Waals surface area contributed by atoms with Gasteiger partial charge in [-0.2, -0.15) is 4.98 Å². The number of aromatic nitrogens is 3. The minimum atomic E-state index is -0.483. The summed E-state index contributed by atoms with van der Waals surface area (Å²) >= 11 is 0. The van der Waals surface area contributed by atoms with Crippen molar-refractivity contribution in [3.8, 4) is 0 Å². The van der Waals surface area contributed by atoms with Crippen molar-refractivity contribution < 1.29 is 14.5 Å². The number of amides is 1. The quantitative estimate of drug-likeness (QED) is 0.354. The number of rotatable bonds is 9. The van der Waals surface area contributed by atoms with Gasteiger partial charge in [-0.25, -0.2) is 14.8 Å². The molecule has 1 aromatic carbocycles. The molecule has 11 heteroatoms. The van der Waals surface area contributed by atoms with Gasteiger partial charge >= 0.3 is 6.09 Å². The molecular formula is C23H25N7O4. The zero-order valence-electron chi connectivity index (χ0n) is 18.8. The number of pyridine rings is 1. The zero-order valence-corrected chi connectivity index (χ0v) is 18.8. The maximum atomic E-state index is 12.2. The highest BCUT2D eigenvalue weighted by molar-refractivity contribution is 5.89. The number of anilines is 4. The van der Waals surface area contributed by atoms with Crippen LogP contribution in [0.3, 0.4) is 0 Å². The SMILES string of the molecule is CC(C)[C@H]1COC(=O)N1c1ccnc(NCCc2ccc(Nc3ccc([N+](=O)[O-])cn3)cc2)n1. The molecule has 0 saturated carbocycles. The Morgan fingerprint density at radius 2 is 1.97 bits per heavy atom. The number of nitrogens with zero attached hydrogens (tertiary/aromatic N) is 5. The van der Waals surface area contributed by atoms with Crippen molar-refractivity contribution in [1.82, 2.24) is 15.0 Å². The summed E-state index contributed by atoms with van der Waals surface area (Å²) in [6.07, 6.45) is 3.19. The van der Waals surface area contributed by atoms with Gasteiger partial charge in [-0.15, -0.1) is 0 Å². The van der Waals surface area contributed by atoms with Gasteiger partial charge in [0.1, 0.15) is 24.4 Å². The number of cyclic esters (lactones) is 1. The van der Waals surface area contributed by atoms with Crippen molar-refractivity contribution in [3.05, 3.63) is 70.5 Å². The van der Waals surface area contributed by atoms with Gasteiger partial charge in [0.25, 0.3) is 5.69 Å². The number of hydrogen-bond donors (Lipinski definition) is 2. The fraction of sp³-hybridized carbons (Fsp3) is 0.304. The molecule has 1 amide bonds. The molecular weight excluding hydrogens is 438 g/mol. The van der Waals surface area contributed by atoms with E-state index >= 15 is 0 Å². The number of nitrogens with one attached hydrogen (secondary N) is 2. The number of benzene rings is 1. The Hall–Kier alpha value is -4.28. The molecule has 1 atom stereocenters. The van der Waals surface area contributed by atoms with Gasteiger partial charge in [-0.3, -0.25) is 15.0 Å². The summed E-state index contributed by atoms with van der Waals surface area (Å²) in [6.45, 7) is 5.05. The fourth-order valence-electron chi connectivity index (χ4n) is 3.55. The highest BCUT2D eigenvalue weighted by Gasteiger charge is 2.37. The second-order valence-corrected chi connectivity index (χ2v) is 8.15. The molecule has 11 nitrogen and oxygen atoms in total. The van der Waals surface area contributed by atoms with E-state index in [2.05, 4.69) is 25.6 Å². The van der Waals surface area contributed by atoms with E-state index in [4.69, 9.17) is 4.74 Å². The molecule has 176 valence electrons. The zero-order chi connectivity index (χ0) is 24.1. The van der Waals surface area contributed by atoms with E-state index in [9.17, 15) is 14.9 Å². The van der Waals surface area contributed by atoms with Crippen molar-refractivity contribution in [2.45, 2.75) is 26.3 Å². The first-order valence-corrected chi connectivity index (χ1v) is 10.9. The number of hydrogen-bond acceptors (Lipinski definition) is 9. The smallest absolute Gasteiger partial charge is 0.415 e. The van der Waals surface area contributed by atoms with E-state index in [0.717, 1.165) is 17.7 Å². The fourth-order valence-corrected chi connectivity index (χ4v) is 3.55. The molecule has 2 aromatic heterocycles. The van der Waals surface area contributed by atoms with Crippen molar-refractivity contribution in [3.63, 3.8) is 0 Å². The third-order valence-corrected chi connectivity index (χ3v) is 5.44. The topological polar surface area (TPSA) is 135 Å². The molecule has 0 aliphatic carbocycles. The molecule has 1 saturated heterocycles. The first kappa shape index (κ1) is 22.9. The van der Waals surface area contributed by atoms with E-state index in [0.29, 0.717) is 30.7 Å². The largest absolute Gasteiger partial charge is 0.447 e. The van der Waals surface area contributed by atoms with Crippen molar-refractivity contribution >= 4 is 35.1 Å². The van der Waals surface area contributed by atoms with Crippen LogP contribution in [0.2, 0.25) is 0 Å². The first-order valence-electron chi connectivity index (χ1n) is 10.9. The lowest BCUT2D eigenvalue weighted by Gasteiger charge is -2.23. The van der Waals surface area contributed by atoms with Crippen molar-refractivity contribution in [1.29, 1.82) is 0 Å². The second kappa shape index (κ2) is 10.1. The van der Waals surface area contributed by atoms with Gasteiger partial charge in [-0.1, -0.05) is 26.0 Å². The first-order chi connectivity index (χ1) is 16.4. The van der Waals surface area contributed by atoms with Crippen LogP contribution in [0.1, 0.15) is 19.4 Å². The molecule has 1 fully saturated rings. The Kier molecular flexibility index (Phi) is 6.81. The van der Waals surface area contributed by atoms with Crippen LogP contribution in [0.25, 0.3) is 0 Å². The van der Waals surface area contributed by atoms with Crippen molar-refractivity contribution in [2.24, 2.45) is 5.92 Å². The van der Waals surface area contributed by atoms with E-state index in [-0.39, 0.29) is 23.7 Å². The molecule has 3 heterocycles. The predicted octanol–water partition coefficient (Wildman–Crippen LogP) is 4.16. The van der Waals surface area contributed by atoms with Gasteiger partial charge in [-0.05, 0) is 42.2 Å². The number of carbonyl (C=O) groups excluding carboxylic acids is 1. The molecule has 4 rings (SSSR count). The number of nitro groups is 1. The lowest BCUT2D eigenvalue weighted by atomic mass is 10.0. The average Bonchev–Trinajstić information content (AvgIpc) is 3.22. The molecule has 1 aliphatic heterocycles. The molecule has 3 aromatic rings. The lowest BCUT2D eigenvalue weighted by molar-refractivity contribution is -0.385. The molecule has 1 aliphatic rings. The Balaban J connectivity index is 1.31. The summed E-state index contributed by atoms with van der Waals surface area (Å²) in [6, 6.07) is 12.4. The van der Waals surface area contributed by atoms with Crippen LogP contribution >= 0.6 is 0 Å². The Morgan fingerprint density at radius 3 is 2.65 bits per heavy atom. The summed E-state index contributed by atoms with van der Waals surface area (Å²) in [5, 5.41) is 17.0. The predicted molar refractivity (Wildman–Crippen MR) is 127 cm³/mol. The summed E-state index contributed by atoms with van der Waals surface area (Å²) in [5.74, 6) is 1.74. The number of ether oxygens (including phenoxy) is 1. The highest BCUT2D eigenvalue weighted by Crippen LogP contribution is 2.26. The van der Waals surface area contributed by atoms with Gasteiger partial charge < -0.3 is 15.4 Å². The summed E-state index contributed by atoms with van der Waals surface area (Å²) in [5.41, 5.74) is 1.88. The Labute approximate surface area is 196 Å². The van der Waals surface area contributed by atoms with Gasteiger partial charge in [0.05, 0.1) is 11.0 Å². The molecule has 0 radical (unpaired) electrons. The summed E-state index contributed by atoms with van der Waals surface area (Å²) in [4.78, 5) is 36.8. The molecule has 2 N–H and O–H groups in total. The lowest BCUT2D eigenvalue weighted by Crippen LogP contribution is -2.37. The van der Waals surface area contributed by atoms with Crippen molar-refractivity contribution in [2.75, 3.05) is 28.7 Å². The molecule has 34 heavy (non-hydrogen) atoms. The molecule has 0 unspecified atom stereocenters. The molecule has 0 spiro atoms. The monoisotopic (exact) mass is 463 g/mol. The summed E-state index contributed by atoms with van der Waals surface area (Å²) < 4.78 is 5.20. The molecule has 0 bridgehead atoms. The minimum absolute atomic E-state index is 0.0522. The normalized spacial score (nSPS) is 15.3. The standard InChI is InChI=1S/C23H25N7O4/c1-15(2)19-14-34-23(31)29(19)21-10-12-25-22(28-21)24-11-9-16-3-5-17(6-4-16)27-20-8-7-18(13-26-20)30(32)33/h3-8,10,12-13,15,19H,9,11,14H2,1-2H3,(H,26,27)(H,24,25,28)/t19-/m1/s1. The van der Waals surface area contributed by atoms with Crippen LogP contribution < -0.4 is 15.5 Å². The van der Waals surface area contributed by atoms with Crippen LogP contribution in [0.4, 0.5) is 33.8 Å². The Bertz CT molecular complexity index is 1150. The maximum Gasteiger partial charge on any atom is 0.415 e.